The molecule has 4 atom stereocenters. The highest BCUT2D eigenvalue weighted by Crippen LogP contribution is 2.56. The van der Waals surface area contributed by atoms with Gasteiger partial charge in [0, 0.05) is 92.4 Å². The minimum atomic E-state index is -6.72. The van der Waals surface area contributed by atoms with Crippen LogP contribution in [0.25, 0.3) is 0 Å². The highest BCUT2D eigenvalue weighted by molar-refractivity contribution is 7.88. The molecule has 96 heavy (non-hydrogen) atoms. The highest BCUT2D eigenvalue weighted by Gasteiger charge is 2.53. The van der Waals surface area contributed by atoms with Crippen LogP contribution in [-0.2, 0) is 40.5 Å². The molecular weight excluding hydrogens is 1380 g/mol. The van der Waals surface area contributed by atoms with Crippen molar-refractivity contribution in [2.24, 2.45) is 0 Å². The molecule has 0 heterocycles. The fraction of sp³-hybridized carbons (Fsp3) is 0.625. The lowest BCUT2D eigenvalue weighted by Gasteiger charge is -2.33. The first-order valence-electron chi connectivity index (χ1n) is 31.7. The first-order valence-corrected chi connectivity index (χ1v) is 37.3. The van der Waals surface area contributed by atoms with Crippen LogP contribution >= 0.6 is 0 Å². The molecule has 0 aliphatic heterocycles. The molecule has 5 rings (SSSR count). The number of ether oxygens (including phenoxy) is 4. The fourth-order valence-electron chi connectivity index (χ4n) is 11.2. The third-order valence-electron chi connectivity index (χ3n) is 15.3. The summed E-state index contributed by atoms with van der Waals surface area (Å²) >= 11 is 0. The number of halogens is 12. The fourth-order valence-corrected chi connectivity index (χ4v) is 13.1. The van der Waals surface area contributed by atoms with Gasteiger partial charge in [0.05, 0.1) is 24.4 Å². The maximum Gasteiger partial charge on any atom is 0.534 e. The van der Waals surface area contributed by atoms with Gasteiger partial charge in [-0.15, -0.1) is 0 Å². The lowest BCUT2D eigenvalue weighted by Crippen LogP contribution is -2.29. The van der Waals surface area contributed by atoms with Crippen LogP contribution in [0.2, 0.25) is 0 Å². The average Bonchev–Trinajstić information content (AvgIpc) is 0.732. The first-order chi connectivity index (χ1) is 44.3. The number of benzene rings is 4. The molecule has 0 amide bonds. The van der Waals surface area contributed by atoms with Crippen molar-refractivity contribution in [1.29, 1.82) is 0 Å². The van der Waals surface area contributed by atoms with E-state index in [1.165, 1.54) is 55.4 Å². The third kappa shape index (κ3) is 20.2. The number of fused-ring (bicyclic) bond motifs is 8. The van der Waals surface area contributed by atoms with Gasteiger partial charge in [-0.2, -0.15) is 86.4 Å². The Morgan fingerprint density at radius 3 is 0.573 bits per heavy atom. The van der Waals surface area contributed by atoms with Gasteiger partial charge in [0.15, 0.2) is 0 Å². The van der Waals surface area contributed by atoms with Crippen molar-refractivity contribution in [1.82, 2.24) is 0 Å². The smallest absolute Gasteiger partial charge is 0.491 e. The number of alkyl halides is 12. The SMILES string of the molecule is CCCCCC1c2cc(c(OS(=O)(=O)C(F)(F)F)cc2OC(C)C)C(CCCCC)c2cc(c(OS(=O)(=O)C(F)(F)F)cc2OC(C)C)C(CCCCC)c2cc(c(OS(=O)(=O)C(F)(F)F)cc2OC(C)C)C(CCCCC)c2cc1c(OS(=O)(=O)C(F)(F)F)cc2OC(C)C. The van der Waals surface area contributed by atoms with Crippen molar-refractivity contribution in [2.45, 2.75) is 256 Å². The summed E-state index contributed by atoms with van der Waals surface area (Å²) in [5.74, 6) is -12.9. The molecule has 0 fully saturated rings. The van der Waals surface area contributed by atoms with Gasteiger partial charge < -0.3 is 35.7 Å². The van der Waals surface area contributed by atoms with Gasteiger partial charge in [-0.25, -0.2) is 0 Å². The quantitative estimate of drug-likeness (QED) is 0.0193. The standard InChI is InChI=1S/C64H84F12O16S4/c1-13-17-21-25-41-45-29-50(58(33-53(45)85-37(5)6)90-94(79,80)62(68,69)70)43(27-23-19-15-3)47-31-52(60(35-55(47)87-39(9)10)92-96(83,84)64(74,75)76)44(28-24-20-16-4)48-32-51(59(36-56(48)88-40(11)12)91-95(81,82)63(71,72)73)42(26-22-18-14-2)46-30-49(41)57(34-54(46)86-38(7)8)89-93(77,78)61(65,66)67/h29-44H,13-28H2,1-12H3. The van der Waals surface area contributed by atoms with Crippen molar-refractivity contribution in [3.63, 3.8) is 0 Å². The van der Waals surface area contributed by atoms with Gasteiger partial charge in [0.1, 0.15) is 46.0 Å². The van der Waals surface area contributed by atoms with Crippen molar-refractivity contribution in [3.05, 3.63) is 93.0 Å². The van der Waals surface area contributed by atoms with E-state index >= 15 is 0 Å². The summed E-state index contributed by atoms with van der Waals surface area (Å²) in [6, 6.07) is 7.57. The lowest BCUT2D eigenvalue weighted by molar-refractivity contribution is -0.0505. The summed E-state index contributed by atoms with van der Waals surface area (Å²) in [6.45, 7) is 18.5. The molecule has 1 aliphatic rings. The van der Waals surface area contributed by atoms with Crippen LogP contribution in [0, 0.1) is 0 Å². The van der Waals surface area contributed by atoms with Crippen molar-refractivity contribution < 1.29 is 122 Å². The van der Waals surface area contributed by atoms with Gasteiger partial charge in [-0.05, 0) is 105 Å². The molecule has 0 aromatic heterocycles. The predicted octanol–water partition coefficient (Wildman–Crippen LogP) is 18.9. The highest BCUT2D eigenvalue weighted by atomic mass is 32.2. The minimum absolute atomic E-state index is 0.0780. The van der Waals surface area contributed by atoms with Crippen LogP contribution in [-0.4, -0.2) is 80.1 Å². The Kier molecular flexibility index (Phi) is 27.4. The number of hydrogen-bond donors (Lipinski definition) is 0. The van der Waals surface area contributed by atoms with Crippen LogP contribution in [0.1, 0.15) is 254 Å². The molecule has 544 valence electrons. The third-order valence-corrected chi connectivity index (χ3v) is 19.2. The van der Waals surface area contributed by atoms with Gasteiger partial charge in [-0.3, -0.25) is 0 Å². The molecule has 0 radical (unpaired) electrons. The Bertz CT molecular complexity index is 3270. The molecule has 0 saturated heterocycles. The molecule has 8 bridgehead atoms. The Morgan fingerprint density at radius 1 is 0.281 bits per heavy atom. The van der Waals surface area contributed by atoms with Gasteiger partial charge in [0.2, 0.25) is 0 Å². The predicted molar refractivity (Wildman–Crippen MR) is 335 cm³/mol. The molecule has 0 saturated carbocycles. The largest absolute Gasteiger partial charge is 0.534 e. The van der Waals surface area contributed by atoms with Crippen LogP contribution in [0.15, 0.2) is 48.5 Å². The van der Waals surface area contributed by atoms with Crippen molar-refractivity contribution >= 4 is 40.5 Å². The zero-order valence-corrected chi connectivity index (χ0v) is 58.5. The van der Waals surface area contributed by atoms with E-state index in [0.717, 1.165) is 48.5 Å². The van der Waals surface area contributed by atoms with E-state index in [9.17, 15) is 86.4 Å². The molecule has 4 aromatic carbocycles. The Balaban J connectivity index is 2.43. The molecule has 1 aliphatic carbocycles. The second kappa shape index (κ2) is 32.5. The maximum atomic E-state index is 14.9. The Morgan fingerprint density at radius 2 is 0.438 bits per heavy atom. The minimum Gasteiger partial charge on any atom is -0.491 e. The molecule has 16 nitrogen and oxygen atoms in total. The monoisotopic (exact) mass is 1460 g/mol. The van der Waals surface area contributed by atoms with Crippen LogP contribution in [0.4, 0.5) is 52.7 Å². The Hall–Kier alpha value is -5.76. The van der Waals surface area contributed by atoms with Crippen LogP contribution < -0.4 is 35.7 Å². The molecule has 0 spiro atoms. The summed E-state index contributed by atoms with van der Waals surface area (Å²) in [6.07, 6.45) is -1.87. The van der Waals surface area contributed by atoms with Crippen LogP contribution in [0.5, 0.6) is 46.0 Å². The number of unbranched alkanes of at least 4 members (excludes halogenated alkanes) is 8. The lowest BCUT2D eigenvalue weighted by atomic mass is 9.76. The topological polar surface area (TPSA) is 210 Å². The Labute approximate surface area is 554 Å². The summed E-state index contributed by atoms with van der Waals surface area (Å²) in [5.41, 5.74) is -27.5. The second-order valence-corrected chi connectivity index (χ2v) is 30.7. The summed E-state index contributed by atoms with van der Waals surface area (Å²) in [5, 5.41) is 0. The van der Waals surface area contributed by atoms with E-state index in [1.807, 2.05) is 0 Å². The van der Waals surface area contributed by atoms with E-state index in [-0.39, 0.29) is 73.6 Å². The number of rotatable bonds is 32. The molecule has 0 N–H and O–H groups in total. The average molecular weight is 1470 g/mol. The van der Waals surface area contributed by atoms with Gasteiger partial charge >= 0.3 is 62.5 Å². The van der Waals surface area contributed by atoms with E-state index in [2.05, 4.69) is 0 Å². The molecule has 4 unspecified atom stereocenters. The second-order valence-electron chi connectivity index (χ2n) is 24.5. The van der Waals surface area contributed by atoms with E-state index < -0.39 is 179 Å². The van der Waals surface area contributed by atoms with Crippen LogP contribution in [0.3, 0.4) is 0 Å². The first kappa shape index (κ1) is 80.9. The number of hydrogen-bond acceptors (Lipinski definition) is 16. The molecular formula is C64H84F12O16S4. The van der Waals surface area contributed by atoms with E-state index in [0.29, 0.717) is 51.4 Å². The maximum absolute atomic E-state index is 14.9. The summed E-state index contributed by atoms with van der Waals surface area (Å²) in [4.78, 5) is 0. The van der Waals surface area contributed by atoms with Gasteiger partial charge in [0.25, 0.3) is 0 Å². The zero-order chi connectivity index (χ0) is 72.5. The summed E-state index contributed by atoms with van der Waals surface area (Å²) in [7, 11) is -26.9. The molecule has 32 heteroatoms. The summed E-state index contributed by atoms with van der Waals surface area (Å²) < 4.78 is 333. The van der Waals surface area contributed by atoms with E-state index in [4.69, 9.17) is 35.7 Å². The molecule has 4 aromatic rings. The van der Waals surface area contributed by atoms with Crippen molar-refractivity contribution in [2.75, 3.05) is 0 Å². The zero-order valence-electron chi connectivity index (χ0n) is 55.3. The van der Waals surface area contributed by atoms with Crippen molar-refractivity contribution in [3.8, 4) is 46.0 Å². The normalized spacial score (nSPS) is 16.9. The van der Waals surface area contributed by atoms with E-state index in [1.54, 1.807) is 27.7 Å². The van der Waals surface area contributed by atoms with Gasteiger partial charge in [-0.1, -0.05) is 105 Å².